The fraction of sp³-hybridized carbons (Fsp3) is 0.714. The zero-order chi connectivity index (χ0) is 19.2. The maximum atomic E-state index is 13.2. The lowest BCUT2D eigenvalue weighted by molar-refractivity contribution is 0.0707. The van der Waals surface area contributed by atoms with Crippen LogP contribution in [0.15, 0.2) is 16.7 Å². The van der Waals surface area contributed by atoms with Gasteiger partial charge in [-0.05, 0) is 59.0 Å². The van der Waals surface area contributed by atoms with Crippen molar-refractivity contribution in [1.29, 1.82) is 0 Å². The third kappa shape index (κ3) is 5.42. The summed E-state index contributed by atoms with van der Waals surface area (Å²) in [6.07, 6.45) is 8.90. The van der Waals surface area contributed by atoms with E-state index in [1.807, 2.05) is 18.7 Å². The smallest absolute Gasteiger partial charge is 0.259 e. The van der Waals surface area contributed by atoms with Crippen LogP contribution in [-0.4, -0.2) is 78.6 Å². The first-order chi connectivity index (χ1) is 13.0. The number of likely N-dealkylation sites (N-methyl/N-ethyl adjacent to an activating group) is 1. The van der Waals surface area contributed by atoms with E-state index >= 15 is 0 Å². The second-order valence-corrected chi connectivity index (χ2v) is 8.10. The Kier molecular flexibility index (Phi) is 7.07. The Balaban J connectivity index is 1.60. The Morgan fingerprint density at radius 2 is 2.04 bits per heavy atom. The largest absolute Gasteiger partial charge is 0.361 e. The average Bonchev–Trinajstić information content (AvgIpc) is 3.01. The van der Waals surface area contributed by atoms with Crippen molar-refractivity contribution in [2.24, 2.45) is 5.92 Å². The van der Waals surface area contributed by atoms with Crippen LogP contribution < -0.4 is 0 Å². The van der Waals surface area contributed by atoms with Gasteiger partial charge >= 0.3 is 0 Å². The summed E-state index contributed by atoms with van der Waals surface area (Å²) >= 11 is 0. The zero-order valence-electron chi connectivity index (χ0n) is 17.1. The molecule has 1 amide bonds. The van der Waals surface area contributed by atoms with Gasteiger partial charge in [0.2, 0.25) is 0 Å². The first-order valence-electron chi connectivity index (χ1n) is 10.3. The highest BCUT2D eigenvalue weighted by molar-refractivity contribution is 5.96. The minimum atomic E-state index is 0.0826. The molecule has 2 heterocycles. The molecule has 27 heavy (non-hydrogen) atoms. The molecule has 1 fully saturated rings. The predicted molar refractivity (Wildman–Crippen MR) is 107 cm³/mol. The quantitative estimate of drug-likeness (QED) is 0.687. The number of allylic oxidation sites excluding steroid dienone is 2. The van der Waals surface area contributed by atoms with Gasteiger partial charge in [-0.1, -0.05) is 17.3 Å². The Bertz CT molecular complexity index is 627. The van der Waals surface area contributed by atoms with Crippen LogP contribution in [-0.2, 0) is 0 Å². The minimum Gasteiger partial charge on any atom is -0.361 e. The Hall–Kier alpha value is -1.66. The maximum absolute atomic E-state index is 13.2. The average molecular weight is 375 g/mol. The van der Waals surface area contributed by atoms with Gasteiger partial charge in [-0.2, -0.15) is 0 Å². The molecule has 0 unspecified atom stereocenters. The van der Waals surface area contributed by atoms with Crippen LogP contribution in [0.5, 0.6) is 0 Å². The van der Waals surface area contributed by atoms with Crippen molar-refractivity contribution in [3.63, 3.8) is 0 Å². The van der Waals surface area contributed by atoms with Crippen LogP contribution in [0.2, 0.25) is 0 Å². The van der Waals surface area contributed by atoms with Crippen LogP contribution in [0, 0.1) is 19.8 Å². The second-order valence-electron chi connectivity index (χ2n) is 8.10. The molecule has 1 aromatic heterocycles. The van der Waals surface area contributed by atoms with Crippen molar-refractivity contribution in [2.75, 3.05) is 52.9 Å². The molecule has 0 saturated carbocycles. The number of rotatable bonds is 7. The van der Waals surface area contributed by atoms with E-state index in [1.165, 1.54) is 6.42 Å². The summed E-state index contributed by atoms with van der Waals surface area (Å²) in [5.41, 5.74) is 1.35. The number of hydrogen-bond acceptors (Lipinski definition) is 5. The lowest BCUT2D eigenvalue weighted by Gasteiger charge is -2.33. The van der Waals surface area contributed by atoms with Crippen LogP contribution in [0.3, 0.4) is 0 Å². The van der Waals surface area contributed by atoms with E-state index in [0.717, 1.165) is 65.1 Å². The van der Waals surface area contributed by atoms with Crippen molar-refractivity contribution < 1.29 is 9.32 Å². The van der Waals surface area contributed by atoms with E-state index < -0.39 is 0 Å². The Labute approximate surface area is 163 Å². The second kappa shape index (κ2) is 9.51. The number of amides is 1. The van der Waals surface area contributed by atoms with Crippen molar-refractivity contribution in [2.45, 2.75) is 39.5 Å². The van der Waals surface area contributed by atoms with Gasteiger partial charge in [-0.15, -0.1) is 0 Å². The number of aryl methyl sites for hydroxylation is 2. The van der Waals surface area contributed by atoms with E-state index in [4.69, 9.17) is 4.52 Å². The summed E-state index contributed by atoms with van der Waals surface area (Å²) in [6, 6.07) is 0. The molecular weight excluding hydrogens is 340 g/mol. The highest BCUT2D eigenvalue weighted by Gasteiger charge is 2.26. The summed E-state index contributed by atoms with van der Waals surface area (Å²) in [7, 11) is 2.18. The molecule has 0 spiro atoms. The molecule has 6 nitrogen and oxygen atoms in total. The molecule has 1 saturated heterocycles. The third-order valence-electron chi connectivity index (χ3n) is 5.89. The molecule has 0 bridgehead atoms. The van der Waals surface area contributed by atoms with E-state index in [-0.39, 0.29) is 5.91 Å². The van der Waals surface area contributed by atoms with Crippen LogP contribution in [0.25, 0.3) is 0 Å². The predicted octanol–water partition coefficient (Wildman–Crippen LogP) is 2.73. The highest BCUT2D eigenvalue weighted by Crippen LogP contribution is 2.22. The molecule has 0 radical (unpaired) electrons. The van der Waals surface area contributed by atoms with Gasteiger partial charge in [0.05, 0.1) is 5.69 Å². The molecule has 2 aliphatic rings. The fourth-order valence-corrected chi connectivity index (χ4v) is 4.11. The van der Waals surface area contributed by atoms with E-state index in [0.29, 0.717) is 22.9 Å². The number of nitrogens with zero attached hydrogens (tertiary/aromatic N) is 4. The Morgan fingerprint density at radius 1 is 1.26 bits per heavy atom. The molecular formula is C21H34N4O2. The van der Waals surface area contributed by atoms with Crippen LogP contribution in [0.4, 0.5) is 0 Å². The van der Waals surface area contributed by atoms with E-state index in [2.05, 4.69) is 34.2 Å². The highest BCUT2D eigenvalue weighted by atomic mass is 16.5. The molecule has 3 rings (SSSR count). The summed E-state index contributed by atoms with van der Waals surface area (Å²) in [6.45, 7) is 10.9. The van der Waals surface area contributed by atoms with Crippen molar-refractivity contribution in [3.8, 4) is 0 Å². The lowest BCUT2D eigenvalue weighted by Crippen LogP contribution is -2.45. The number of hydrogen-bond donors (Lipinski definition) is 0. The van der Waals surface area contributed by atoms with Gasteiger partial charge in [0.15, 0.2) is 0 Å². The number of carbonyl (C=O) groups is 1. The summed E-state index contributed by atoms with van der Waals surface area (Å²) in [5, 5.41) is 3.98. The molecule has 6 heteroatoms. The maximum Gasteiger partial charge on any atom is 0.259 e. The van der Waals surface area contributed by atoms with Gasteiger partial charge in [0.1, 0.15) is 11.3 Å². The van der Waals surface area contributed by atoms with Crippen LogP contribution in [0.1, 0.15) is 47.5 Å². The molecule has 0 aromatic carbocycles. The minimum absolute atomic E-state index is 0.0826. The molecule has 1 atom stereocenters. The van der Waals surface area contributed by atoms with Gasteiger partial charge in [0.25, 0.3) is 5.91 Å². The van der Waals surface area contributed by atoms with Crippen molar-refractivity contribution in [3.05, 3.63) is 29.2 Å². The van der Waals surface area contributed by atoms with E-state index in [1.54, 1.807) is 0 Å². The van der Waals surface area contributed by atoms with Gasteiger partial charge in [0, 0.05) is 39.3 Å². The van der Waals surface area contributed by atoms with E-state index in [9.17, 15) is 4.79 Å². The first kappa shape index (κ1) is 20.1. The third-order valence-corrected chi connectivity index (χ3v) is 5.89. The number of carbonyl (C=O) groups excluding carboxylic acids is 1. The molecule has 0 N–H and O–H groups in total. The van der Waals surface area contributed by atoms with Crippen molar-refractivity contribution >= 4 is 5.91 Å². The lowest BCUT2D eigenvalue weighted by atomic mass is 9.93. The summed E-state index contributed by atoms with van der Waals surface area (Å²) in [5.74, 6) is 1.27. The standard InChI is InChI=1S/C21H34N4O2/c1-17-20(18(2)27-22-17)21(26)25(16-19-8-5-4-6-9-19)11-7-10-24-14-12-23(3)13-15-24/h4-5,19H,6-16H2,1-3H3/t19-/m1/s1. The van der Waals surface area contributed by atoms with Crippen molar-refractivity contribution in [1.82, 2.24) is 19.9 Å². The molecule has 1 aliphatic heterocycles. The molecule has 1 aliphatic carbocycles. The fourth-order valence-electron chi connectivity index (χ4n) is 4.11. The van der Waals surface area contributed by atoms with Gasteiger partial charge in [-0.3, -0.25) is 4.79 Å². The number of piperazine rings is 1. The van der Waals surface area contributed by atoms with Crippen LogP contribution >= 0.6 is 0 Å². The zero-order valence-corrected chi connectivity index (χ0v) is 17.1. The monoisotopic (exact) mass is 374 g/mol. The first-order valence-corrected chi connectivity index (χ1v) is 10.3. The Morgan fingerprint density at radius 3 is 2.67 bits per heavy atom. The van der Waals surface area contributed by atoms with Gasteiger partial charge in [-0.25, -0.2) is 0 Å². The summed E-state index contributed by atoms with van der Waals surface area (Å²) < 4.78 is 5.24. The normalized spacial score (nSPS) is 21.5. The molecule has 1 aromatic rings. The summed E-state index contributed by atoms with van der Waals surface area (Å²) in [4.78, 5) is 20.2. The number of aromatic nitrogens is 1. The van der Waals surface area contributed by atoms with Gasteiger partial charge < -0.3 is 19.2 Å². The topological polar surface area (TPSA) is 52.8 Å². The SMILES string of the molecule is Cc1noc(C)c1C(=O)N(CCCN1CCN(C)CC1)C[C@@H]1CC=CCC1. The molecule has 150 valence electrons.